The molecule has 1 rings (SSSR count). The Morgan fingerprint density at radius 3 is 2.47 bits per heavy atom. The standard InChI is InChI=1S/C17H29NS/c1-5-12-18-14-17(4,15(2)3)11-13-19-16-9-7-6-8-10-16/h6-10,15,18H,5,11-14H2,1-4H3. The number of hydrogen-bond acceptors (Lipinski definition) is 2. The van der Waals surface area contributed by atoms with Gasteiger partial charge in [-0.3, -0.25) is 0 Å². The van der Waals surface area contributed by atoms with Crippen molar-refractivity contribution in [1.82, 2.24) is 5.32 Å². The molecule has 0 aliphatic heterocycles. The summed E-state index contributed by atoms with van der Waals surface area (Å²) in [6.45, 7) is 11.6. The molecule has 1 nitrogen and oxygen atoms in total. The molecule has 1 unspecified atom stereocenters. The van der Waals surface area contributed by atoms with Crippen molar-refractivity contribution in [3.8, 4) is 0 Å². The summed E-state index contributed by atoms with van der Waals surface area (Å²) in [5.41, 5.74) is 0.400. The van der Waals surface area contributed by atoms with Crippen molar-refractivity contribution >= 4 is 11.8 Å². The summed E-state index contributed by atoms with van der Waals surface area (Å²) in [6.07, 6.45) is 2.48. The van der Waals surface area contributed by atoms with E-state index in [1.807, 2.05) is 11.8 Å². The lowest BCUT2D eigenvalue weighted by atomic mass is 9.77. The van der Waals surface area contributed by atoms with Crippen LogP contribution in [0.4, 0.5) is 0 Å². The van der Waals surface area contributed by atoms with Gasteiger partial charge in [0.2, 0.25) is 0 Å². The molecular weight excluding hydrogens is 250 g/mol. The molecule has 19 heavy (non-hydrogen) atoms. The summed E-state index contributed by atoms with van der Waals surface area (Å²) < 4.78 is 0. The maximum Gasteiger partial charge on any atom is 0.00719 e. The first-order valence-electron chi connectivity index (χ1n) is 7.47. The monoisotopic (exact) mass is 279 g/mol. The van der Waals surface area contributed by atoms with E-state index in [4.69, 9.17) is 0 Å². The van der Waals surface area contributed by atoms with Crippen LogP contribution in [0, 0.1) is 11.3 Å². The minimum absolute atomic E-state index is 0.400. The Labute approximate surface area is 123 Å². The van der Waals surface area contributed by atoms with E-state index < -0.39 is 0 Å². The highest BCUT2D eigenvalue weighted by Gasteiger charge is 2.27. The Balaban J connectivity index is 2.40. The first kappa shape index (κ1) is 16.6. The molecular formula is C17H29NS. The summed E-state index contributed by atoms with van der Waals surface area (Å²) in [7, 11) is 0. The predicted octanol–water partition coefficient (Wildman–Crippen LogP) is 4.83. The molecule has 0 saturated heterocycles. The number of thioether (sulfide) groups is 1. The van der Waals surface area contributed by atoms with Gasteiger partial charge in [-0.05, 0) is 48.6 Å². The van der Waals surface area contributed by atoms with Gasteiger partial charge in [0.15, 0.2) is 0 Å². The molecule has 1 aromatic carbocycles. The number of benzene rings is 1. The lowest BCUT2D eigenvalue weighted by molar-refractivity contribution is 0.202. The van der Waals surface area contributed by atoms with Gasteiger partial charge in [0.25, 0.3) is 0 Å². The third-order valence-corrected chi connectivity index (χ3v) is 5.05. The largest absolute Gasteiger partial charge is 0.316 e. The molecule has 0 bridgehead atoms. The Hall–Kier alpha value is -0.470. The average Bonchev–Trinajstić information content (AvgIpc) is 2.40. The Morgan fingerprint density at radius 2 is 1.89 bits per heavy atom. The van der Waals surface area contributed by atoms with Crippen molar-refractivity contribution in [2.75, 3.05) is 18.8 Å². The normalized spacial score (nSPS) is 14.6. The SMILES string of the molecule is CCCNCC(C)(CCSc1ccccc1)C(C)C. The van der Waals surface area contributed by atoms with E-state index in [2.05, 4.69) is 63.3 Å². The van der Waals surface area contributed by atoms with Crippen LogP contribution in [0.1, 0.15) is 40.5 Å². The first-order chi connectivity index (χ1) is 9.08. The molecule has 0 spiro atoms. The lowest BCUT2D eigenvalue weighted by Crippen LogP contribution is -2.37. The van der Waals surface area contributed by atoms with Gasteiger partial charge in [-0.1, -0.05) is 45.9 Å². The highest BCUT2D eigenvalue weighted by molar-refractivity contribution is 7.99. The second kappa shape index (κ2) is 8.65. The molecule has 0 aliphatic carbocycles. The Bertz CT molecular complexity index is 336. The summed E-state index contributed by atoms with van der Waals surface area (Å²) in [4.78, 5) is 1.38. The maximum atomic E-state index is 3.60. The van der Waals surface area contributed by atoms with E-state index in [9.17, 15) is 0 Å². The van der Waals surface area contributed by atoms with Crippen molar-refractivity contribution in [3.05, 3.63) is 30.3 Å². The van der Waals surface area contributed by atoms with Crippen molar-refractivity contribution in [2.24, 2.45) is 11.3 Å². The third kappa shape index (κ3) is 6.01. The molecule has 0 aliphatic rings. The maximum absolute atomic E-state index is 3.60. The van der Waals surface area contributed by atoms with Gasteiger partial charge in [0, 0.05) is 11.4 Å². The van der Waals surface area contributed by atoms with Gasteiger partial charge in [-0.15, -0.1) is 11.8 Å². The van der Waals surface area contributed by atoms with Crippen LogP contribution >= 0.6 is 11.8 Å². The second-order valence-corrected chi connectivity index (χ2v) is 7.07. The molecule has 0 amide bonds. The predicted molar refractivity (Wildman–Crippen MR) is 87.9 cm³/mol. The van der Waals surface area contributed by atoms with Crippen LogP contribution in [0.5, 0.6) is 0 Å². The van der Waals surface area contributed by atoms with Gasteiger partial charge >= 0.3 is 0 Å². The molecule has 0 radical (unpaired) electrons. The van der Waals surface area contributed by atoms with Gasteiger partial charge in [-0.25, -0.2) is 0 Å². The van der Waals surface area contributed by atoms with Crippen LogP contribution in [0.15, 0.2) is 35.2 Å². The summed E-state index contributed by atoms with van der Waals surface area (Å²) >= 11 is 1.98. The Kier molecular flexibility index (Phi) is 7.55. The van der Waals surface area contributed by atoms with E-state index in [1.165, 1.54) is 23.5 Å². The second-order valence-electron chi connectivity index (χ2n) is 5.90. The lowest BCUT2D eigenvalue weighted by Gasteiger charge is -2.34. The zero-order valence-electron chi connectivity index (χ0n) is 12.9. The molecule has 0 heterocycles. The minimum atomic E-state index is 0.400. The van der Waals surface area contributed by atoms with Crippen molar-refractivity contribution in [3.63, 3.8) is 0 Å². The number of rotatable bonds is 9. The first-order valence-corrected chi connectivity index (χ1v) is 8.45. The fourth-order valence-corrected chi connectivity index (χ4v) is 3.20. The highest BCUT2D eigenvalue weighted by Crippen LogP contribution is 2.33. The van der Waals surface area contributed by atoms with E-state index in [-0.39, 0.29) is 0 Å². The average molecular weight is 279 g/mol. The molecule has 1 aromatic rings. The van der Waals surface area contributed by atoms with Crippen molar-refractivity contribution in [2.45, 2.75) is 45.4 Å². The molecule has 0 aromatic heterocycles. The van der Waals surface area contributed by atoms with Gasteiger partial charge in [-0.2, -0.15) is 0 Å². The molecule has 0 fully saturated rings. The van der Waals surface area contributed by atoms with E-state index in [0.717, 1.165) is 13.1 Å². The molecule has 2 heteroatoms. The summed E-state index contributed by atoms with van der Waals surface area (Å²) in [5.74, 6) is 1.92. The topological polar surface area (TPSA) is 12.0 Å². The molecule has 1 N–H and O–H groups in total. The molecule has 1 atom stereocenters. The number of nitrogens with one attached hydrogen (secondary N) is 1. The molecule has 108 valence electrons. The van der Waals surface area contributed by atoms with Gasteiger partial charge < -0.3 is 5.32 Å². The highest BCUT2D eigenvalue weighted by atomic mass is 32.2. The quantitative estimate of drug-likeness (QED) is 0.513. The Morgan fingerprint density at radius 1 is 1.21 bits per heavy atom. The van der Waals surface area contributed by atoms with Crippen LogP contribution in [-0.4, -0.2) is 18.8 Å². The zero-order valence-corrected chi connectivity index (χ0v) is 13.7. The minimum Gasteiger partial charge on any atom is -0.316 e. The zero-order chi connectivity index (χ0) is 14.1. The van der Waals surface area contributed by atoms with E-state index in [0.29, 0.717) is 11.3 Å². The van der Waals surface area contributed by atoms with Crippen LogP contribution < -0.4 is 5.32 Å². The fraction of sp³-hybridized carbons (Fsp3) is 0.647. The summed E-state index contributed by atoms with van der Waals surface area (Å²) in [5, 5.41) is 3.60. The van der Waals surface area contributed by atoms with Crippen LogP contribution in [0.25, 0.3) is 0 Å². The van der Waals surface area contributed by atoms with E-state index >= 15 is 0 Å². The van der Waals surface area contributed by atoms with Crippen molar-refractivity contribution < 1.29 is 0 Å². The fourth-order valence-electron chi connectivity index (χ4n) is 2.05. The third-order valence-electron chi connectivity index (χ3n) is 4.03. The molecule has 0 saturated carbocycles. The van der Waals surface area contributed by atoms with Gasteiger partial charge in [0.1, 0.15) is 0 Å². The van der Waals surface area contributed by atoms with Crippen LogP contribution in [0.3, 0.4) is 0 Å². The smallest absolute Gasteiger partial charge is 0.00719 e. The van der Waals surface area contributed by atoms with Gasteiger partial charge in [0.05, 0.1) is 0 Å². The van der Waals surface area contributed by atoms with Crippen LogP contribution in [0.2, 0.25) is 0 Å². The number of hydrogen-bond donors (Lipinski definition) is 1. The van der Waals surface area contributed by atoms with E-state index in [1.54, 1.807) is 0 Å². The van der Waals surface area contributed by atoms with Crippen molar-refractivity contribution in [1.29, 1.82) is 0 Å². The van der Waals surface area contributed by atoms with Crippen LogP contribution in [-0.2, 0) is 0 Å². The summed E-state index contributed by atoms with van der Waals surface area (Å²) in [6, 6.07) is 10.7.